The van der Waals surface area contributed by atoms with Crippen LogP contribution in [0.3, 0.4) is 0 Å². The summed E-state index contributed by atoms with van der Waals surface area (Å²) in [5.41, 5.74) is 6.66. The predicted molar refractivity (Wildman–Crippen MR) is 69.9 cm³/mol. The van der Waals surface area contributed by atoms with E-state index in [1.807, 2.05) is 43.5 Å². The van der Waals surface area contributed by atoms with Gasteiger partial charge >= 0.3 is 0 Å². The van der Waals surface area contributed by atoms with Crippen LogP contribution in [0.5, 0.6) is 0 Å². The molecule has 0 unspecified atom stereocenters. The fourth-order valence-electron chi connectivity index (χ4n) is 1.62. The van der Waals surface area contributed by atoms with Crippen LogP contribution in [-0.4, -0.2) is 15.7 Å². The summed E-state index contributed by atoms with van der Waals surface area (Å²) in [5, 5.41) is 6.87. The number of hydrogen-bond donors (Lipinski definition) is 2. The number of hydrogen-bond acceptors (Lipinski definition) is 3. The molecule has 2 aromatic rings. The van der Waals surface area contributed by atoms with Crippen molar-refractivity contribution in [3.8, 4) is 0 Å². The fourth-order valence-corrected chi connectivity index (χ4v) is 1.62. The van der Waals surface area contributed by atoms with Crippen LogP contribution in [0.15, 0.2) is 42.6 Å². The quantitative estimate of drug-likeness (QED) is 0.856. The Hall–Kier alpha value is -2.14. The van der Waals surface area contributed by atoms with E-state index in [-0.39, 0.29) is 5.91 Å². The zero-order valence-corrected chi connectivity index (χ0v) is 10.2. The molecule has 1 aromatic heterocycles. The van der Waals surface area contributed by atoms with Crippen molar-refractivity contribution in [3.05, 3.63) is 48.2 Å². The molecule has 2 rings (SSSR count). The number of anilines is 1. The summed E-state index contributed by atoms with van der Waals surface area (Å²) >= 11 is 0. The zero-order valence-electron chi connectivity index (χ0n) is 10.2. The maximum atomic E-state index is 11.9. The van der Waals surface area contributed by atoms with Crippen molar-refractivity contribution in [2.75, 3.05) is 5.32 Å². The molecule has 0 radical (unpaired) electrons. The first-order valence-corrected chi connectivity index (χ1v) is 5.85. The van der Waals surface area contributed by atoms with Crippen molar-refractivity contribution < 1.29 is 4.79 Å². The minimum absolute atomic E-state index is 0.262. The van der Waals surface area contributed by atoms with Gasteiger partial charge in [-0.3, -0.25) is 9.48 Å². The van der Waals surface area contributed by atoms with Gasteiger partial charge in [-0.25, -0.2) is 0 Å². The van der Waals surface area contributed by atoms with E-state index >= 15 is 0 Å². The third kappa shape index (κ3) is 2.75. The molecule has 3 N–H and O–H groups in total. The second-order valence-corrected chi connectivity index (χ2v) is 3.93. The van der Waals surface area contributed by atoms with Crippen LogP contribution in [-0.2, 0) is 11.3 Å². The molecule has 1 atom stereocenters. The average Bonchev–Trinajstić information content (AvgIpc) is 2.86. The Kier molecular flexibility index (Phi) is 3.74. The SMILES string of the molecule is CCn1ccc(NC(=O)[C@@H](N)c2ccccc2)n1. The van der Waals surface area contributed by atoms with Crippen molar-refractivity contribution in [2.45, 2.75) is 19.5 Å². The second kappa shape index (κ2) is 5.46. The van der Waals surface area contributed by atoms with Gasteiger partial charge in [-0.15, -0.1) is 0 Å². The molecular formula is C13H16N4O. The number of nitrogens with two attached hydrogens (primary N) is 1. The van der Waals surface area contributed by atoms with E-state index in [0.717, 1.165) is 12.1 Å². The minimum atomic E-state index is -0.682. The zero-order chi connectivity index (χ0) is 13.0. The summed E-state index contributed by atoms with van der Waals surface area (Å²) in [6.07, 6.45) is 1.81. The van der Waals surface area contributed by atoms with E-state index in [2.05, 4.69) is 10.4 Å². The summed E-state index contributed by atoms with van der Waals surface area (Å²) in [6, 6.07) is 10.3. The number of carbonyl (C=O) groups excluding carboxylic acids is 1. The highest BCUT2D eigenvalue weighted by Crippen LogP contribution is 2.12. The highest BCUT2D eigenvalue weighted by molar-refractivity contribution is 5.94. The molecule has 0 saturated carbocycles. The van der Waals surface area contributed by atoms with E-state index in [0.29, 0.717) is 5.82 Å². The number of amides is 1. The largest absolute Gasteiger partial charge is 0.316 e. The summed E-state index contributed by atoms with van der Waals surface area (Å²) < 4.78 is 1.74. The van der Waals surface area contributed by atoms with E-state index in [9.17, 15) is 4.79 Å². The molecule has 0 spiro atoms. The molecule has 1 aromatic carbocycles. The first kappa shape index (κ1) is 12.3. The van der Waals surface area contributed by atoms with Gasteiger partial charge in [-0.05, 0) is 12.5 Å². The van der Waals surface area contributed by atoms with Gasteiger partial charge in [0.15, 0.2) is 5.82 Å². The Balaban J connectivity index is 2.04. The van der Waals surface area contributed by atoms with Crippen molar-refractivity contribution in [3.63, 3.8) is 0 Å². The number of aromatic nitrogens is 2. The van der Waals surface area contributed by atoms with Crippen molar-refractivity contribution in [2.24, 2.45) is 5.73 Å². The lowest BCUT2D eigenvalue weighted by molar-refractivity contribution is -0.117. The summed E-state index contributed by atoms with van der Waals surface area (Å²) in [5.74, 6) is 0.260. The maximum Gasteiger partial charge on any atom is 0.247 e. The van der Waals surface area contributed by atoms with Crippen LogP contribution in [0, 0.1) is 0 Å². The standard InChI is InChI=1S/C13H16N4O/c1-2-17-9-8-11(16-17)15-13(18)12(14)10-6-4-3-5-7-10/h3-9,12H,2,14H2,1H3,(H,15,16,18)/t12-/m0/s1. The molecule has 1 heterocycles. The van der Waals surface area contributed by atoms with Crippen LogP contribution < -0.4 is 11.1 Å². The monoisotopic (exact) mass is 244 g/mol. The highest BCUT2D eigenvalue weighted by atomic mass is 16.2. The van der Waals surface area contributed by atoms with Crippen molar-refractivity contribution in [1.82, 2.24) is 9.78 Å². The Morgan fingerprint density at radius 1 is 1.39 bits per heavy atom. The molecule has 0 saturated heterocycles. The molecule has 0 aliphatic heterocycles. The van der Waals surface area contributed by atoms with Crippen LogP contribution in [0.4, 0.5) is 5.82 Å². The van der Waals surface area contributed by atoms with Gasteiger partial charge in [0.05, 0.1) is 0 Å². The van der Waals surface area contributed by atoms with Crippen LogP contribution in [0.25, 0.3) is 0 Å². The molecule has 5 nitrogen and oxygen atoms in total. The van der Waals surface area contributed by atoms with Crippen LogP contribution in [0.1, 0.15) is 18.5 Å². The lowest BCUT2D eigenvalue weighted by Gasteiger charge is -2.10. The topological polar surface area (TPSA) is 72.9 Å². The maximum absolute atomic E-state index is 11.9. The number of nitrogens with zero attached hydrogens (tertiary/aromatic N) is 2. The minimum Gasteiger partial charge on any atom is -0.316 e. The molecule has 0 bridgehead atoms. The lowest BCUT2D eigenvalue weighted by Crippen LogP contribution is -2.27. The van der Waals surface area contributed by atoms with Crippen LogP contribution in [0.2, 0.25) is 0 Å². The van der Waals surface area contributed by atoms with Gasteiger partial charge in [-0.2, -0.15) is 5.10 Å². The smallest absolute Gasteiger partial charge is 0.247 e. The molecule has 94 valence electrons. The van der Waals surface area contributed by atoms with Gasteiger partial charge in [-0.1, -0.05) is 30.3 Å². The number of aryl methyl sites for hydroxylation is 1. The summed E-state index contributed by atoms with van der Waals surface area (Å²) in [6.45, 7) is 2.74. The fraction of sp³-hybridized carbons (Fsp3) is 0.231. The predicted octanol–water partition coefficient (Wildman–Crippen LogP) is 1.54. The highest BCUT2D eigenvalue weighted by Gasteiger charge is 2.16. The molecule has 1 amide bonds. The number of rotatable bonds is 4. The average molecular weight is 244 g/mol. The Morgan fingerprint density at radius 3 is 2.72 bits per heavy atom. The first-order chi connectivity index (χ1) is 8.70. The van der Waals surface area contributed by atoms with E-state index in [4.69, 9.17) is 5.73 Å². The van der Waals surface area contributed by atoms with E-state index < -0.39 is 6.04 Å². The van der Waals surface area contributed by atoms with E-state index in [1.54, 1.807) is 10.7 Å². The molecule has 5 heteroatoms. The lowest BCUT2D eigenvalue weighted by atomic mass is 10.1. The normalized spacial score (nSPS) is 12.1. The molecule has 18 heavy (non-hydrogen) atoms. The third-order valence-electron chi connectivity index (χ3n) is 2.66. The summed E-state index contributed by atoms with van der Waals surface area (Å²) in [4.78, 5) is 11.9. The number of nitrogens with one attached hydrogen (secondary N) is 1. The van der Waals surface area contributed by atoms with Gasteiger partial charge in [0.2, 0.25) is 5.91 Å². The van der Waals surface area contributed by atoms with Crippen LogP contribution >= 0.6 is 0 Å². The van der Waals surface area contributed by atoms with Crippen molar-refractivity contribution >= 4 is 11.7 Å². The summed E-state index contributed by atoms with van der Waals surface area (Å²) in [7, 11) is 0. The van der Waals surface area contributed by atoms with Crippen molar-refractivity contribution in [1.29, 1.82) is 0 Å². The number of carbonyl (C=O) groups is 1. The Labute approximate surface area is 106 Å². The molecular weight excluding hydrogens is 228 g/mol. The Morgan fingerprint density at radius 2 is 2.11 bits per heavy atom. The second-order valence-electron chi connectivity index (χ2n) is 3.93. The first-order valence-electron chi connectivity index (χ1n) is 5.85. The molecule has 0 aliphatic rings. The third-order valence-corrected chi connectivity index (χ3v) is 2.66. The molecule has 0 fully saturated rings. The van der Waals surface area contributed by atoms with Gasteiger partial charge < -0.3 is 11.1 Å². The Bertz CT molecular complexity index is 521. The van der Waals surface area contributed by atoms with E-state index in [1.165, 1.54) is 0 Å². The number of benzene rings is 1. The van der Waals surface area contributed by atoms with Gasteiger partial charge in [0, 0.05) is 18.8 Å². The van der Waals surface area contributed by atoms with Gasteiger partial charge in [0.1, 0.15) is 6.04 Å². The molecule has 0 aliphatic carbocycles. The van der Waals surface area contributed by atoms with Gasteiger partial charge in [0.25, 0.3) is 0 Å².